The summed E-state index contributed by atoms with van der Waals surface area (Å²) in [5.41, 5.74) is 0. The number of rotatable bonds is 2. The maximum absolute atomic E-state index is 11.5. The lowest BCUT2D eigenvalue weighted by Crippen LogP contribution is -2.26. The first-order valence-corrected chi connectivity index (χ1v) is 2.05. The third-order valence-corrected chi connectivity index (χ3v) is 0.688. The second kappa shape index (κ2) is 2.94. The molecule has 0 aromatic carbocycles. The first-order chi connectivity index (χ1) is 4.42. The van der Waals surface area contributed by atoms with Crippen molar-refractivity contribution in [1.82, 2.24) is 0 Å². The molecule has 0 unspecified atom stereocenters. The second-order valence-electron chi connectivity index (χ2n) is 1.38. The molecular formula is C4H2F6. The van der Waals surface area contributed by atoms with Gasteiger partial charge in [0.2, 0.25) is 5.83 Å². The number of alkyl halides is 4. The summed E-state index contributed by atoms with van der Waals surface area (Å²) in [7, 11) is 0. The van der Waals surface area contributed by atoms with Gasteiger partial charge in [-0.05, 0) is 0 Å². The summed E-state index contributed by atoms with van der Waals surface area (Å²) in [6, 6.07) is 0. The van der Waals surface area contributed by atoms with Crippen LogP contribution in [0.2, 0.25) is 0 Å². The molecule has 0 amide bonds. The van der Waals surface area contributed by atoms with Crippen molar-refractivity contribution in [2.75, 3.05) is 0 Å². The van der Waals surface area contributed by atoms with Crippen molar-refractivity contribution in [3.05, 3.63) is 12.2 Å². The lowest BCUT2D eigenvalue weighted by molar-refractivity contribution is -0.113. The predicted molar refractivity (Wildman–Crippen MR) is 21.2 cm³/mol. The van der Waals surface area contributed by atoms with Crippen LogP contribution in [0.5, 0.6) is 0 Å². The molecule has 0 rings (SSSR count). The molecule has 0 aliphatic rings. The van der Waals surface area contributed by atoms with E-state index in [1.165, 1.54) is 0 Å². The van der Waals surface area contributed by atoms with Gasteiger partial charge in [-0.15, -0.1) is 0 Å². The maximum atomic E-state index is 11.5. The first kappa shape index (κ1) is 9.32. The molecule has 10 heavy (non-hydrogen) atoms. The molecule has 0 heterocycles. The lowest BCUT2D eigenvalue weighted by Gasteiger charge is -2.10. The molecule has 60 valence electrons. The Morgan fingerprint density at radius 3 is 1.80 bits per heavy atom. The Hall–Kier alpha value is -0.680. The van der Waals surface area contributed by atoms with E-state index in [0.717, 1.165) is 0 Å². The van der Waals surface area contributed by atoms with E-state index in [4.69, 9.17) is 0 Å². The zero-order valence-corrected chi connectivity index (χ0v) is 4.42. The van der Waals surface area contributed by atoms with Crippen molar-refractivity contribution < 1.29 is 26.3 Å². The third-order valence-electron chi connectivity index (χ3n) is 0.688. The summed E-state index contributed by atoms with van der Waals surface area (Å²) in [6.45, 7) is 0. The molecule has 0 aromatic rings. The molecule has 0 saturated heterocycles. The van der Waals surface area contributed by atoms with Crippen molar-refractivity contribution in [2.24, 2.45) is 0 Å². The highest BCUT2D eigenvalue weighted by atomic mass is 19.3. The fourth-order valence-electron chi connectivity index (χ4n) is 0.177. The average molecular weight is 164 g/mol. The van der Waals surface area contributed by atoms with Crippen LogP contribution >= 0.6 is 0 Å². The van der Waals surface area contributed by atoms with E-state index in [2.05, 4.69) is 0 Å². The molecule has 0 fully saturated rings. The third kappa shape index (κ3) is 1.65. The van der Waals surface area contributed by atoms with Gasteiger partial charge in [-0.2, -0.15) is 8.78 Å². The normalized spacial score (nSPS) is 14.5. The molecule has 6 heteroatoms. The molecule has 0 spiro atoms. The summed E-state index contributed by atoms with van der Waals surface area (Å²) in [4.78, 5) is 0. The summed E-state index contributed by atoms with van der Waals surface area (Å²) >= 11 is 0. The highest BCUT2D eigenvalue weighted by Gasteiger charge is 2.46. The number of allylic oxidation sites excluding steroid dienone is 1. The number of hydrogen-bond donors (Lipinski definition) is 0. The van der Waals surface area contributed by atoms with Crippen molar-refractivity contribution in [2.45, 2.75) is 12.3 Å². The number of halogens is 6. The molecule has 0 aromatic heterocycles. The van der Waals surface area contributed by atoms with Gasteiger partial charge in [0.15, 0.2) is 0 Å². The van der Waals surface area contributed by atoms with Crippen molar-refractivity contribution in [3.8, 4) is 0 Å². The van der Waals surface area contributed by atoms with Gasteiger partial charge in [-0.1, -0.05) is 0 Å². The summed E-state index contributed by atoms with van der Waals surface area (Å²) in [6.07, 6.45) is -5.41. The van der Waals surface area contributed by atoms with E-state index in [0.29, 0.717) is 0 Å². The largest absolute Gasteiger partial charge is 0.360 e. The van der Waals surface area contributed by atoms with Crippen molar-refractivity contribution >= 4 is 0 Å². The quantitative estimate of drug-likeness (QED) is 0.550. The van der Waals surface area contributed by atoms with E-state index < -0.39 is 24.5 Å². The number of hydrogen-bond acceptors (Lipinski definition) is 0. The van der Waals surface area contributed by atoms with Crippen LogP contribution in [-0.4, -0.2) is 12.3 Å². The Morgan fingerprint density at radius 2 is 1.70 bits per heavy atom. The molecular weight excluding hydrogens is 162 g/mol. The van der Waals surface area contributed by atoms with E-state index in [1.54, 1.807) is 0 Å². The molecule has 0 nitrogen and oxygen atoms in total. The van der Waals surface area contributed by atoms with Crippen LogP contribution in [0.3, 0.4) is 0 Å². The van der Waals surface area contributed by atoms with E-state index in [9.17, 15) is 26.3 Å². The van der Waals surface area contributed by atoms with E-state index >= 15 is 0 Å². The zero-order valence-electron chi connectivity index (χ0n) is 4.42. The Labute approximate surface area is 52.1 Å². The van der Waals surface area contributed by atoms with Gasteiger partial charge in [-0.25, -0.2) is 17.6 Å². The Bertz CT molecular complexity index is 137. The Morgan fingerprint density at radius 1 is 1.30 bits per heavy atom. The summed E-state index contributed by atoms with van der Waals surface area (Å²) in [5, 5.41) is 0. The topological polar surface area (TPSA) is 0 Å². The van der Waals surface area contributed by atoms with Gasteiger partial charge in [0, 0.05) is 0 Å². The molecule has 0 aliphatic heterocycles. The standard InChI is InChI=1S/C4H2F6/c5-1-2(6)4(9,10)3(7)8/h1,3H/b2-1+. The molecule has 0 saturated carbocycles. The average Bonchev–Trinajstić information content (AvgIpc) is 1.86. The zero-order chi connectivity index (χ0) is 8.36. The molecule has 0 aliphatic carbocycles. The Balaban J connectivity index is 4.40. The van der Waals surface area contributed by atoms with Gasteiger partial charge in [-0.3, -0.25) is 0 Å². The smallest absolute Gasteiger partial charge is 0.212 e. The fourth-order valence-corrected chi connectivity index (χ4v) is 0.177. The molecule has 0 N–H and O–H groups in total. The lowest BCUT2D eigenvalue weighted by atomic mass is 10.3. The second-order valence-corrected chi connectivity index (χ2v) is 1.38. The van der Waals surface area contributed by atoms with Crippen LogP contribution in [0.15, 0.2) is 12.2 Å². The van der Waals surface area contributed by atoms with Crippen LogP contribution in [0.25, 0.3) is 0 Å². The molecule has 0 radical (unpaired) electrons. The highest BCUT2D eigenvalue weighted by Crippen LogP contribution is 2.31. The fraction of sp³-hybridized carbons (Fsp3) is 0.500. The van der Waals surface area contributed by atoms with E-state index in [-0.39, 0.29) is 0 Å². The van der Waals surface area contributed by atoms with Crippen LogP contribution < -0.4 is 0 Å². The van der Waals surface area contributed by atoms with Crippen LogP contribution in [-0.2, 0) is 0 Å². The van der Waals surface area contributed by atoms with Gasteiger partial charge in [0.1, 0.15) is 6.33 Å². The highest BCUT2D eigenvalue weighted by molar-refractivity contribution is 5.01. The van der Waals surface area contributed by atoms with Crippen molar-refractivity contribution in [1.29, 1.82) is 0 Å². The minimum Gasteiger partial charge on any atom is -0.212 e. The van der Waals surface area contributed by atoms with Gasteiger partial charge < -0.3 is 0 Å². The maximum Gasteiger partial charge on any atom is 0.360 e. The van der Waals surface area contributed by atoms with Gasteiger partial charge in [0.05, 0.1) is 0 Å². The molecule has 0 atom stereocenters. The minimum absolute atomic E-state index is 1.19. The summed E-state index contributed by atoms with van der Waals surface area (Å²) < 4.78 is 67.4. The van der Waals surface area contributed by atoms with Gasteiger partial charge in [0.25, 0.3) is 0 Å². The van der Waals surface area contributed by atoms with Crippen LogP contribution in [0.1, 0.15) is 0 Å². The van der Waals surface area contributed by atoms with Crippen LogP contribution in [0, 0.1) is 0 Å². The Kier molecular flexibility index (Phi) is 2.74. The molecule has 0 bridgehead atoms. The summed E-state index contributed by atoms with van der Waals surface area (Å²) in [5.74, 6) is -7.77. The van der Waals surface area contributed by atoms with Gasteiger partial charge >= 0.3 is 12.3 Å². The SMILES string of the molecule is F/C=C(/F)C(F)(F)C(F)F. The van der Waals surface area contributed by atoms with Crippen LogP contribution in [0.4, 0.5) is 26.3 Å². The first-order valence-electron chi connectivity index (χ1n) is 2.05. The van der Waals surface area contributed by atoms with E-state index in [1.807, 2.05) is 0 Å². The minimum atomic E-state index is -5.01. The predicted octanol–water partition coefficient (Wildman–Crippen LogP) is 2.67. The monoisotopic (exact) mass is 164 g/mol. The van der Waals surface area contributed by atoms with Crippen molar-refractivity contribution in [3.63, 3.8) is 0 Å².